The quantitative estimate of drug-likeness (QED) is 0.755. The number of halogens is 1. The van der Waals surface area contributed by atoms with Gasteiger partial charge >= 0.3 is 0 Å². The molecule has 0 aliphatic carbocycles. The number of likely N-dealkylation sites (N-methyl/N-ethyl adjacent to an activating group) is 1. The van der Waals surface area contributed by atoms with Gasteiger partial charge in [-0.25, -0.2) is 13.1 Å². The highest BCUT2D eigenvalue weighted by molar-refractivity contribution is 7.89. The Hall–Kier alpha value is -0.660. The van der Waals surface area contributed by atoms with Crippen LogP contribution in [0.4, 0.5) is 0 Å². The molecule has 0 bridgehead atoms. The molecule has 1 atom stereocenters. The topological polar surface area (TPSA) is 61.4 Å². The summed E-state index contributed by atoms with van der Waals surface area (Å²) in [7, 11) is 0.538. The summed E-state index contributed by atoms with van der Waals surface area (Å²) >= 11 is 0. The third-order valence-electron chi connectivity index (χ3n) is 2.86. The van der Waals surface area contributed by atoms with Crippen molar-refractivity contribution in [3.05, 3.63) is 29.8 Å². The van der Waals surface area contributed by atoms with Gasteiger partial charge in [-0.15, -0.1) is 12.4 Å². The molecule has 1 aromatic rings. The van der Waals surface area contributed by atoms with Gasteiger partial charge in [0.2, 0.25) is 10.0 Å². The Morgan fingerprint density at radius 2 is 1.76 bits per heavy atom. The normalized spacial score (nSPS) is 13.0. The Kier molecular flexibility index (Phi) is 9.08. The van der Waals surface area contributed by atoms with Gasteiger partial charge < -0.3 is 10.2 Å². The van der Waals surface area contributed by atoms with Crippen molar-refractivity contribution < 1.29 is 8.42 Å². The number of benzene rings is 1. The lowest BCUT2D eigenvalue weighted by atomic mass is 10.2. The maximum Gasteiger partial charge on any atom is 0.240 e. The maximum absolute atomic E-state index is 12.1. The highest BCUT2D eigenvalue weighted by Gasteiger charge is 2.14. The van der Waals surface area contributed by atoms with Crippen molar-refractivity contribution in [1.82, 2.24) is 14.9 Å². The molecule has 122 valence electrons. The van der Waals surface area contributed by atoms with Gasteiger partial charge in [0.15, 0.2) is 0 Å². The molecule has 0 aliphatic heterocycles. The summed E-state index contributed by atoms with van der Waals surface area (Å²) in [6.45, 7) is 5.95. The van der Waals surface area contributed by atoms with Crippen LogP contribution in [-0.4, -0.2) is 46.5 Å². The Morgan fingerprint density at radius 1 is 1.19 bits per heavy atom. The molecule has 0 unspecified atom stereocenters. The minimum atomic E-state index is -3.42. The summed E-state index contributed by atoms with van der Waals surface area (Å²) in [5, 5.41) is 3.17. The number of nitrogens with one attached hydrogen (secondary N) is 2. The fourth-order valence-corrected chi connectivity index (χ4v) is 3.01. The second kappa shape index (κ2) is 9.38. The second-order valence-corrected chi connectivity index (χ2v) is 6.96. The molecule has 0 fully saturated rings. The standard InChI is InChI=1S/C14H25N3O2S.ClH/c1-5-15-12(2)10-16-20(18,19)14-8-6-13(7-9-14)11-17(3)4;/h6-9,12,15-16H,5,10-11H2,1-4H3;1H/t12-;/m1./s1. The molecular formula is C14H26ClN3O2S. The average molecular weight is 336 g/mol. The van der Waals surface area contributed by atoms with Crippen molar-refractivity contribution in [2.45, 2.75) is 31.3 Å². The van der Waals surface area contributed by atoms with Gasteiger partial charge in [-0.1, -0.05) is 19.1 Å². The van der Waals surface area contributed by atoms with E-state index in [0.717, 1.165) is 18.7 Å². The smallest absolute Gasteiger partial charge is 0.240 e. The second-order valence-electron chi connectivity index (χ2n) is 5.19. The van der Waals surface area contributed by atoms with E-state index in [1.807, 2.05) is 45.0 Å². The van der Waals surface area contributed by atoms with Crippen LogP contribution in [0.25, 0.3) is 0 Å². The average Bonchev–Trinajstić information content (AvgIpc) is 2.37. The minimum absolute atomic E-state index is 0. The largest absolute Gasteiger partial charge is 0.313 e. The van der Waals surface area contributed by atoms with E-state index in [2.05, 4.69) is 10.0 Å². The van der Waals surface area contributed by atoms with Crippen molar-refractivity contribution in [3.63, 3.8) is 0 Å². The van der Waals surface area contributed by atoms with Crippen LogP contribution in [-0.2, 0) is 16.6 Å². The summed E-state index contributed by atoms with van der Waals surface area (Å²) in [6.07, 6.45) is 0. The van der Waals surface area contributed by atoms with Gasteiger partial charge in [0, 0.05) is 19.1 Å². The van der Waals surface area contributed by atoms with Gasteiger partial charge in [0.1, 0.15) is 0 Å². The molecule has 5 nitrogen and oxygen atoms in total. The molecule has 0 saturated heterocycles. The third kappa shape index (κ3) is 7.24. The molecule has 2 N–H and O–H groups in total. The first-order valence-electron chi connectivity index (χ1n) is 6.82. The zero-order valence-electron chi connectivity index (χ0n) is 13.1. The van der Waals surface area contributed by atoms with Gasteiger partial charge in [-0.2, -0.15) is 0 Å². The first-order valence-corrected chi connectivity index (χ1v) is 8.30. The molecule has 0 aliphatic rings. The molecule has 0 saturated carbocycles. The zero-order valence-corrected chi connectivity index (χ0v) is 14.7. The summed E-state index contributed by atoms with van der Waals surface area (Å²) in [5.74, 6) is 0. The van der Waals surface area contributed by atoms with Crippen LogP contribution < -0.4 is 10.0 Å². The van der Waals surface area contributed by atoms with E-state index in [0.29, 0.717) is 11.4 Å². The zero-order chi connectivity index (χ0) is 15.2. The predicted molar refractivity (Wildman–Crippen MR) is 89.4 cm³/mol. The maximum atomic E-state index is 12.1. The lowest BCUT2D eigenvalue weighted by Crippen LogP contribution is -2.38. The van der Waals surface area contributed by atoms with Crippen molar-refractivity contribution in [2.75, 3.05) is 27.2 Å². The monoisotopic (exact) mass is 335 g/mol. The van der Waals surface area contributed by atoms with Gasteiger partial charge in [-0.05, 0) is 45.3 Å². The van der Waals surface area contributed by atoms with E-state index < -0.39 is 10.0 Å². The molecule has 1 rings (SSSR count). The van der Waals surface area contributed by atoms with Crippen LogP contribution in [0.15, 0.2) is 29.2 Å². The Morgan fingerprint density at radius 3 is 2.24 bits per heavy atom. The summed E-state index contributed by atoms with van der Waals surface area (Å²) < 4.78 is 26.9. The molecule has 0 heterocycles. The van der Waals surface area contributed by atoms with Gasteiger partial charge in [0.05, 0.1) is 4.90 Å². The molecule has 0 amide bonds. The first-order chi connectivity index (χ1) is 9.35. The van der Waals surface area contributed by atoms with Gasteiger partial charge in [-0.3, -0.25) is 0 Å². The highest BCUT2D eigenvalue weighted by atomic mass is 35.5. The first kappa shape index (κ1) is 20.3. The Balaban J connectivity index is 0.00000400. The van der Waals surface area contributed by atoms with Crippen molar-refractivity contribution in [3.8, 4) is 0 Å². The Labute approximate surface area is 134 Å². The Bertz CT molecular complexity index is 503. The number of hydrogen-bond acceptors (Lipinski definition) is 4. The van der Waals surface area contributed by atoms with E-state index in [4.69, 9.17) is 0 Å². The van der Waals surface area contributed by atoms with Crippen molar-refractivity contribution in [1.29, 1.82) is 0 Å². The summed E-state index contributed by atoms with van der Waals surface area (Å²) in [5.41, 5.74) is 1.09. The van der Waals surface area contributed by atoms with E-state index >= 15 is 0 Å². The molecule has 1 aromatic carbocycles. The molecule has 0 aromatic heterocycles. The van der Waals surface area contributed by atoms with E-state index in [9.17, 15) is 8.42 Å². The summed E-state index contributed by atoms with van der Waals surface area (Å²) in [6, 6.07) is 7.12. The van der Waals surface area contributed by atoms with Crippen molar-refractivity contribution in [2.24, 2.45) is 0 Å². The fourth-order valence-electron chi connectivity index (χ4n) is 1.88. The highest BCUT2D eigenvalue weighted by Crippen LogP contribution is 2.11. The van der Waals surface area contributed by atoms with Crippen LogP contribution in [0.3, 0.4) is 0 Å². The molecule has 0 spiro atoms. The molecule has 21 heavy (non-hydrogen) atoms. The third-order valence-corrected chi connectivity index (χ3v) is 4.30. The molecular weight excluding hydrogens is 310 g/mol. The van der Waals surface area contributed by atoms with Crippen LogP contribution in [0.5, 0.6) is 0 Å². The van der Waals surface area contributed by atoms with E-state index in [1.54, 1.807) is 12.1 Å². The van der Waals surface area contributed by atoms with Crippen LogP contribution in [0.2, 0.25) is 0 Å². The van der Waals surface area contributed by atoms with Crippen LogP contribution in [0, 0.1) is 0 Å². The molecule has 7 heteroatoms. The predicted octanol–water partition coefficient (Wildman–Crippen LogP) is 1.45. The fraction of sp³-hybridized carbons (Fsp3) is 0.571. The number of nitrogens with zero attached hydrogens (tertiary/aromatic N) is 1. The number of sulfonamides is 1. The summed E-state index contributed by atoms with van der Waals surface area (Å²) in [4.78, 5) is 2.35. The van der Waals surface area contributed by atoms with E-state index in [1.165, 1.54) is 0 Å². The van der Waals surface area contributed by atoms with Gasteiger partial charge in [0.25, 0.3) is 0 Å². The lowest BCUT2D eigenvalue weighted by molar-refractivity contribution is 0.402. The lowest BCUT2D eigenvalue weighted by Gasteiger charge is -2.14. The number of rotatable bonds is 8. The minimum Gasteiger partial charge on any atom is -0.313 e. The number of hydrogen-bond donors (Lipinski definition) is 2. The van der Waals surface area contributed by atoms with E-state index in [-0.39, 0.29) is 18.4 Å². The van der Waals surface area contributed by atoms with Crippen molar-refractivity contribution >= 4 is 22.4 Å². The van der Waals surface area contributed by atoms with Crippen LogP contribution >= 0.6 is 12.4 Å². The molecule has 0 radical (unpaired) electrons. The van der Waals surface area contributed by atoms with Crippen LogP contribution in [0.1, 0.15) is 19.4 Å². The SMILES string of the molecule is CCN[C@H](C)CNS(=O)(=O)c1ccc(CN(C)C)cc1.Cl.